The van der Waals surface area contributed by atoms with E-state index in [1.54, 1.807) is 6.07 Å². The summed E-state index contributed by atoms with van der Waals surface area (Å²) in [6, 6.07) is 5.79. The van der Waals surface area contributed by atoms with Gasteiger partial charge in [-0.05, 0) is 29.8 Å². The number of hydrogen-bond donors (Lipinski definition) is 6. The van der Waals surface area contributed by atoms with Gasteiger partial charge in [0.25, 0.3) is 0 Å². The number of phenolic OH excluding ortho intramolecular Hbond substituents is 1. The Morgan fingerprint density at radius 1 is 1.25 bits per heavy atom. The van der Waals surface area contributed by atoms with Crippen LogP contribution in [0.4, 0.5) is 0 Å². The van der Waals surface area contributed by atoms with E-state index in [0.29, 0.717) is 5.56 Å². The Balaban J connectivity index is 2.48. The Bertz CT molecular complexity index is 763. The van der Waals surface area contributed by atoms with Crippen LogP contribution in [0.1, 0.15) is 18.4 Å². The SMILES string of the molecule is CC(c1cccc(O)c1)C(O)(O)C1C(O)=CC=CC1=NP(=O)(O)O. The summed E-state index contributed by atoms with van der Waals surface area (Å²) in [6.07, 6.45) is 3.65. The van der Waals surface area contributed by atoms with E-state index in [9.17, 15) is 25.0 Å². The van der Waals surface area contributed by atoms with Crippen molar-refractivity contribution in [3.63, 3.8) is 0 Å². The number of allylic oxidation sites excluding steroid dienone is 3. The lowest BCUT2D eigenvalue weighted by molar-refractivity contribution is -0.195. The lowest BCUT2D eigenvalue weighted by Crippen LogP contribution is -2.47. The molecule has 9 heteroatoms. The van der Waals surface area contributed by atoms with Gasteiger partial charge < -0.3 is 30.2 Å². The van der Waals surface area contributed by atoms with Gasteiger partial charge in [0.1, 0.15) is 17.4 Å². The molecule has 0 fully saturated rings. The van der Waals surface area contributed by atoms with Gasteiger partial charge in [-0.1, -0.05) is 25.1 Å². The fourth-order valence-corrected chi connectivity index (χ4v) is 3.04. The molecule has 24 heavy (non-hydrogen) atoms. The van der Waals surface area contributed by atoms with E-state index in [2.05, 4.69) is 4.76 Å². The van der Waals surface area contributed by atoms with E-state index in [0.717, 1.165) is 0 Å². The fraction of sp³-hybridized carbons (Fsp3) is 0.267. The van der Waals surface area contributed by atoms with Gasteiger partial charge in [-0.2, -0.15) is 4.76 Å². The molecule has 0 saturated carbocycles. The molecule has 0 saturated heterocycles. The Morgan fingerprint density at radius 3 is 2.50 bits per heavy atom. The highest BCUT2D eigenvalue weighted by Crippen LogP contribution is 2.42. The number of aromatic hydroxyl groups is 1. The second-order valence-corrected chi connectivity index (χ2v) is 6.75. The molecule has 1 aliphatic rings. The first-order valence-corrected chi connectivity index (χ1v) is 8.55. The normalized spacial score (nSPS) is 21.6. The summed E-state index contributed by atoms with van der Waals surface area (Å²) in [7, 11) is -4.84. The predicted molar refractivity (Wildman–Crippen MR) is 86.5 cm³/mol. The smallest absolute Gasteiger partial charge is 0.448 e. The molecule has 0 aliphatic heterocycles. The van der Waals surface area contributed by atoms with Crippen LogP contribution in [0.2, 0.25) is 0 Å². The fourth-order valence-electron chi connectivity index (χ4n) is 2.56. The van der Waals surface area contributed by atoms with Crippen molar-refractivity contribution < 1.29 is 34.8 Å². The second kappa shape index (κ2) is 6.51. The second-order valence-electron chi connectivity index (χ2n) is 5.52. The molecule has 0 amide bonds. The average molecular weight is 355 g/mol. The van der Waals surface area contributed by atoms with E-state index in [-0.39, 0.29) is 11.5 Å². The van der Waals surface area contributed by atoms with Crippen LogP contribution in [0.3, 0.4) is 0 Å². The number of benzene rings is 1. The number of phenols is 1. The van der Waals surface area contributed by atoms with Crippen molar-refractivity contribution in [3.05, 3.63) is 53.8 Å². The van der Waals surface area contributed by atoms with Crippen LogP contribution in [0.25, 0.3) is 0 Å². The minimum atomic E-state index is -4.84. The van der Waals surface area contributed by atoms with Crippen LogP contribution in [0.5, 0.6) is 5.75 Å². The van der Waals surface area contributed by atoms with E-state index in [1.165, 1.54) is 43.4 Å². The Kier molecular flexibility index (Phi) is 4.98. The third-order valence-electron chi connectivity index (χ3n) is 3.80. The molecular weight excluding hydrogens is 337 g/mol. The molecule has 130 valence electrons. The van der Waals surface area contributed by atoms with Gasteiger partial charge in [0.2, 0.25) is 0 Å². The molecule has 1 aliphatic carbocycles. The first-order chi connectivity index (χ1) is 11.0. The third kappa shape index (κ3) is 3.92. The van der Waals surface area contributed by atoms with E-state index in [1.807, 2.05) is 0 Å². The molecule has 0 radical (unpaired) electrons. The van der Waals surface area contributed by atoms with Crippen LogP contribution in [0.15, 0.2) is 53.0 Å². The van der Waals surface area contributed by atoms with Gasteiger partial charge in [0.05, 0.1) is 5.71 Å². The van der Waals surface area contributed by atoms with Crippen LogP contribution in [-0.2, 0) is 4.57 Å². The molecule has 1 aromatic carbocycles. The minimum Gasteiger partial charge on any atom is -0.511 e. The topological polar surface area (TPSA) is 151 Å². The highest BCUT2D eigenvalue weighted by atomic mass is 31.2. The zero-order valence-corrected chi connectivity index (χ0v) is 13.6. The number of aliphatic hydroxyl groups excluding tert-OH is 1. The van der Waals surface area contributed by atoms with Crippen molar-refractivity contribution >= 4 is 13.5 Å². The lowest BCUT2D eigenvalue weighted by atomic mass is 9.78. The summed E-state index contributed by atoms with van der Waals surface area (Å²) in [5.41, 5.74) is -0.00165. The first-order valence-electron chi connectivity index (χ1n) is 6.99. The van der Waals surface area contributed by atoms with E-state index in [4.69, 9.17) is 9.79 Å². The molecule has 2 unspecified atom stereocenters. The Hall–Kier alpha value is -1.96. The summed E-state index contributed by atoms with van der Waals surface area (Å²) < 4.78 is 14.3. The zero-order valence-electron chi connectivity index (χ0n) is 12.7. The maximum absolute atomic E-state index is 11.1. The highest BCUT2D eigenvalue weighted by Gasteiger charge is 2.46. The van der Waals surface area contributed by atoms with Gasteiger partial charge in [0.15, 0.2) is 5.79 Å². The largest absolute Gasteiger partial charge is 0.511 e. The highest BCUT2D eigenvalue weighted by molar-refractivity contribution is 7.50. The Morgan fingerprint density at radius 2 is 1.92 bits per heavy atom. The van der Waals surface area contributed by atoms with E-state index < -0.39 is 31.1 Å². The van der Waals surface area contributed by atoms with E-state index >= 15 is 0 Å². The summed E-state index contributed by atoms with van der Waals surface area (Å²) in [5, 5.41) is 40.8. The monoisotopic (exact) mass is 355 g/mol. The molecule has 0 spiro atoms. The summed E-state index contributed by atoms with van der Waals surface area (Å²) in [6.45, 7) is 1.44. The molecular formula is C15H18NO7P. The quantitative estimate of drug-likeness (QED) is 0.352. The van der Waals surface area contributed by atoms with Crippen LogP contribution in [-0.4, -0.2) is 41.7 Å². The molecule has 1 aromatic rings. The van der Waals surface area contributed by atoms with Crippen molar-refractivity contribution in [3.8, 4) is 5.75 Å². The molecule has 0 bridgehead atoms. The first kappa shape index (κ1) is 18.4. The number of nitrogens with zero attached hydrogens (tertiary/aromatic N) is 1. The van der Waals surface area contributed by atoms with Gasteiger partial charge in [0, 0.05) is 5.92 Å². The Labute approximate surface area is 138 Å². The van der Waals surface area contributed by atoms with Gasteiger partial charge in [-0.3, -0.25) is 0 Å². The van der Waals surface area contributed by atoms with Crippen molar-refractivity contribution in [2.45, 2.75) is 18.6 Å². The van der Waals surface area contributed by atoms with Crippen molar-refractivity contribution in [1.29, 1.82) is 0 Å². The third-order valence-corrected chi connectivity index (χ3v) is 4.30. The zero-order chi connectivity index (χ0) is 18.1. The summed E-state index contributed by atoms with van der Waals surface area (Å²) in [5.74, 6) is -5.77. The molecule has 2 atom stereocenters. The van der Waals surface area contributed by atoms with Crippen LogP contribution >= 0.6 is 7.75 Å². The lowest BCUT2D eigenvalue weighted by Gasteiger charge is -2.37. The summed E-state index contributed by atoms with van der Waals surface area (Å²) >= 11 is 0. The molecule has 8 nitrogen and oxygen atoms in total. The van der Waals surface area contributed by atoms with Crippen molar-refractivity contribution in [1.82, 2.24) is 0 Å². The van der Waals surface area contributed by atoms with Crippen LogP contribution < -0.4 is 0 Å². The minimum absolute atomic E-state index is 0.0810. The molecule has 2 rings (SSSR count). The number of aliphatic hydroxyl groups is 3. The summed E-state index contributed by atoms with van der Waals surface area (Å²) in [4.78, 5) is 18.0. The van der Waals surface area contributed by atoms with Gasteiger partial charge >= 0.3 is 7.75 Å². The number of rotatable bonds is 4. The average Bonchev–Trinajstić information content (AvgIpc) is 2.44. The molecule has 0 heterocycles. The number of hydrogen-bond acceptors (Lipinski definition) is 5. The van der Waals surface area contributed by atoms with Gasteiger partial charge in [-0.15, -0.1) is 0 Å². The van der Waals surface area contributed by atoms with Gasteiger partial charge in [-0.25, -0.2) is 4.57 Å². The standard InChI is InChI=1S/C15H18NO7P/c1-9(10-4-2-5-11(17)8-10)15(19,20)14-12(16-24(21,22)23)6-3-7-13(14)18/h2-9,14,17-20H,1H3,(H2,21,22,23). The van der Waals surface area contributed by atoms with Crippen LogP contribution in [0, 0.1) is 5.92 Å². The molecule has 0 aromatic heterocycles. The maximum Gasteiger partial charge on any atom is 0.448 e. The molecule has 6 N–H and O–H groups in total. The van der Waals surface area contributed by atoms with Crippen molar-refractivity contribution in [2.75, 3.05) is 0 Å². The predicted octanol–water partition coefficient (Wildman–Crippen LogP) is 1.34. The van der Waals surface area contributed by atoms with Crippen molar-refractivity contribution in [2.24, 2.45) is 10.7 Å². The maximum atomic E-state index is 11.1.